The molecule has 0 saturated heterocycles. The molecule has 0 saturated carbocycles. The number of Topliss-reactive ketones (excluding diaryl/α,β-unsaturated/α-hetero) is 1. The van der Waals surface area contributed by atoms with Gasteiger partial charge in [-0.2, -0.15) is 0 Å². The molecule has 5 heteroatoms. The van der Waals surface area contributed by atoms with E-state index in [1.54, 1.807) is 0 Å². The number of rotatable bonds is 2. The summed E-state index contributed by atoms with van der Waals surface area (Å²) in [6.45, 7) is 1.36. The monoisotopic (exact) mass is 243 g/mol. The van der Waals surface area contributed by atoms with Crippen molar-refractivity contribution in [1.82, 2.24) is 0 Å². The SMILES string of the molecule is CC(=O)c1cc([N+](=O)[O-])ccc1Br. The fourth-order valence-corrected chi connectivity index (χ4v) is 1.42. The molecule has 0 N–H and O–H groups in total. The summed E-state index contributed by atoms with van der Waals surface area (Å²) in [5.74, 6) is -0.199. The zero-order valence-corrected chi connectivity index (χ0v) is 8.37. The van der Waals surface area contributed by atoms with E-state index in [-0.39, 0.29) is 11.5 Å². The second-order valence-corrected chi connectivity index (χ2v) is 3.33. The Hall–Kier alpha value is -1.23. The van der Waals surface area contributed by atoms with Gasteiger partial charge < -0.3 is 0 Å². The van der Waals surface area contributed by atoms with Crippen LogP contribution in [0, 0.1) is 10.1 Å². The number of halogens is 1. The number of carbonyl (C=O) groups is 1. The van der Waals surface area contributed by atoms with Gasteiger partial charge in [0, 0.05) is 22.2 Å². The van der Waals surface area contributed by atoms with E-state index in [2.05, 4.69) is 15.9 Å². The zero-order valence-electron chi connectivity index (χ0n) is 6.78. The van der Waals surface area contributed by atoms with Crippen molar-refractivity contribution in [1.29, 1.82) is 0 Å². The second kappa shape index (κ2) is 3.66. The lowest BCUT2D eigenvalue weighted by atomic mass is 10.1. The van der Waals surface area contributed by atoms with E-state index in [0.29, 0.717) is 10.0 Å². The van der Waals surface area contributed by atoms with Crippen LogP contribution in [-0.4, -0.2) is 10.7 Å². The first-order valence-electron chi connectivity index (χ1n) is 3.47. The van der Waals surface area contributed by atoms with E-state index < -0.39 is 4.92 Å². The number of ketones is 1. The van der Waals surface area contributed by atoms with Crippen LogP contribution in [0.5, 0.6) is 0 Å². The van der Waals surface area contributed by atoms with Gasteiger partial charge in [0.25, 0.3) is 5.69 Å². The summed E-state index contributed by atoms with van der Waals surface area (Å²) in [6, 6.07) is 4.10. The van der Waals surface area contributed by atoms with Crippen LogP contribution < -0.4 is 0 Å². The molecule has 4 nitrogen and oxygen atoms in total. The number of hydrogen-bond acceptors (Lipinski definition) is 3. The molecule has 68 valence electrons. The fourth-order valence-electron chi connectivity index (χ4n) is 0.897. The molecule has 1 aromatic rings. The van der Waals surface area contributed by atoms with Crippen LogP contribution in [0.4, 0.5) is 5.69 Å². The Morgan fingerprint density at radius 1 is 1.54 bits per heavy atom. The van der Waals surface area contributed by atoms with Gasteiger partial charge in [-0.05, 0) is 13.0 Å². The number of non-ortho nitro benzene ring substituents is 1. The first kappa shape index (κ1) is 9.85. The lowest BCUT2D eigenvalue weighted by Gasteiger charge is -1.98. The number of nitro benzene ring substituents is 1. The molecule has 1 rings (SSSR count). The molecule has 0 radical (unpaired) electrons. The maximum atomic E-state index is 11.0. The van der Waals surface area contributed by atoms with Crippen LogP contribution in [0.2, 0.25) is 0 Å². The number of nitro groups is 1. The average molecular weight is 244 g/mol. The predicted octanol–water partition coefficient (Wildman–Crippen LogP) is 2.56. The van der Waals surface area contributed by atoms with Crippen LogP contribution >= 0.6 is 15.9 Å². The van der Waals surface area contributed by atoms with Gasteiger partial charge in [0.1, 0.15) is 0 Å². The Morgan fingerprint density at radius 2 is 2.15 bits per heavy atom. The van der Waals surface area contributed by atoms with Crippen molar-refractivity contribution in [3.05, 3.63) is 38.3 Å². The Morgan fingerprint density at radius 3 is 2.62 bits per heavy atom. The molecule has 0 atom stereocenters. The highest BCUT2D eigenvalue weighted by molar-refractivity contribution is 9.10. The maximum absolute atomic E-state index is 11.0. The quantitative estimate of drug-likeness (QED) is 0.456. The third-order valence-electron chi connectivity index (χ3n) is 1.54. The van der Waals surface area contributed by atoms with Gasteiger partial charge in [0.05, 0.1) is 4.92 Å². The summed E-state index contributed by atoms with van der Waals surface area (Å²) in [6.07, 6.45) is 0. The van der Waals surface area contributed by atoms with E-state index in [0.717, 1.165) is 0 Å². The first-order valence-corrected chi connectivity index (χ1v) is 4.26. The van der Waals surface area contributed by atoms with Gasteiger partial charge in [0.2, 0.25) is 0 Å². The smallest absolute Gasteiger partial charge is 0.270 e. The molecule has 0 bridgehead atoms. The maximum Gasteiger partial charge on any atom is 0.270 e. The van der Waals surface area contributed by atoms with Gasteiger partial charge in [-0.15, -0.1) is 0 Å². The third kappa shape index (κ3) is 2.12. The highest BCUT2D eigenvalue weighted by Crippen LogP contribution is 2.22. The zero-order chi connectivity index (χ0) is 10.0. The van der Waals surface area contributed by atoms with E-state index in [1.165, 1.54) is 25.1 Å². The van der Waals surface area contributed by atoms with Crippen molar-refractivity contribution in [2.24, 2.45) is 0 Å². The lowest BCUT2D eigenvalue weighted by molar-refractivity contribution is -0.384. The summed E-state index contributed by atoms with van der Waals surface area (Å²) in [5, 5.41) is 10.4. The summed E-state index contributed by atoms with van der Waals surface area (Å²) in [7, 11) is 0. The Labute approximate surface area is 82.8 Å². The molecule has 13 heavy (non-hydrogen) atoms. The molecule has 0 amide bonds. The van der Waals surface area contributed by atoms with Gasteiger partial charge in [-0.1, -0.05) is 15.9 Å². The fraction of sp³-hybridized carbons (Fsp3) is 0.125. The van der Waals surface area contributed by atoms with Crippen molar-refractivity contribution in [3.8, 4) is 0 Å². The second-order valence-electron chi connectivity index (χ2n) is 2.48. The summed E-state index contributed by atoms with van der Waals surface area (Å²) >= 11 is 3.14. The van der Waals surface area contributed by atoms with E-state index in [1.807, 2.05) is 0 Å². The van der Waals surface area contributed by atoms with Crippen molar-refractivity contribution >= 4 is 27.4 Å². The minimum absolute atomic E-state index is 0.0756. The van der Waals surface area contributed by atoms with Gasteiger partial charge in [-0.3, -0.25) is 14.9 Å². The van der Waals surface area contributed by atoms with Crippen LogP contribution in [-0.2, 0) is 0 Å². The van der Waals surface area contributed by atoms with Crippen LogP contribution in [0.1, 0.15) is 17.3 Å². The molecule has 0 fully saturated rings. The number of hydrogen-bond donors (Lipinski definition) is 0. The highest BCUT2D eigenvalue weighted by Gasteiger charge is 2.11. The lowest BCUT2D eigenvalue weighted by Crippen LogP contribution is -1.96. The van der Waals surface area contributed by atoms with Crippen molar-refractivity contribution in [3.63, 3.8) is 0 Å². The number of carbonyl (C=O) groups excluding carboxylic acids is 1. The Balaban J connectivity index is 3.27. The van der Waals surface area contributed by atoms with Crippen molar-refractivity contribution in [2.75, 3.05) is 0 Å². The minimum atomic E-state index is -0.529. The molecule has 0 aromatic heterocycles. The molecule has 0 unspecified atom stereocenters. The van der Waals surface area contributed by atoms with E-state index in [9.17, 15) is 14.9 Å². The van der Waals surface area contributed by atoms with Gasteiger partial charge in [0.15, 0.2) is 5.78 Å². The molecule has 0 aliphatic rings. The van der Waals surface area contributed by atoms with E-state index in [4.69, 9.17) is 0 Å². The molecule has 1 aromatic carbocycles. The first-order chi connectivity index (χ1) is 6.02. The Kier molecular flexibility index (Phi) is 2.77. The topological polar surface area (TPSA) is 60.2 Å². The summed E-state index contributed by atoms with van der Waals surface area (Å²) in [5.41, 5.74) is 0.252. The van der Waals surface area contributed by atoms with Crippen LogP contribution in [0.15, 0.2) is 22.7 Å². The standard InChI is InChI=1S/C8H6BrNO3/c1-5(11)7-4-6(10(12)13)2-3-8(7)9/h2-4H,1H3. The van der Waals surface area contributed by atoms with Gasteiger partial charge in [-0.25, -0.2) is 0 Å². The van der Waals surface area contributed by atoms with Gasteiger partial charge >= 0.3 is 0 Å². The van der Waals surface area contributed by atoms with Crippen molar-refractivity contribution in [2.45, 2.75) is 6.92 Å². The Bertz CT molecular complexity index is 376. The predicted molar refractivity (Wildman–Crippen MR) is 50.8 cm³/mol. The van der Waals surface area contributed by atoms with Crippen LogP contribution in [0.3, 0.4) is 0 Å². The van der Waals surface area contributed by atoms with Crippen molar-refractivity contribution < 1.29 is 9.72 Å². The molecule has 0 spiro atoms. The summed E-state index contributed by atoms with van der Waals surface area (Å²) < 4.78 is 0.575. The summed E-state index contributed by atoms with van der Waals surface area (Å²) in [4.78, 5) is 20.8. The highest BCUT2D eigenvalue weighted by atomic mass is 79.9. The third-order valence-corrected chi connectivity index (χ3v) is 2.23. The number of nitrogens with zero attached hydrogens (tertiary/aromatic N) is 1. The molecule has 0 aliphatic heterocycles. The average Bonchev–Trinajstić information content (AvgIpc) is 2.04. The molecule has 0 aliphatic carbocycles. The largest absolute Gasteiger partial charge is 0.294 e. The van der Waals surface area contributed by atoms with Crippen LogP contribution in [0.25, 0.3) is 0 Å². The molecule has 0 heterocycles. The normalized spacial score (nSPS) is 9.69. The number of benzene rings is 1. The molecular formula is C8H6BrNO3. The minimum Gasteiger partial charge on any atom is -0.294 e. The van der Waals surface area contributed by atoms with E-state index >= 15 is 0 Å². The molecular weight excluding hydrogens is 238 g/mol.